The summed E-state index contributed by atoms with van der Waals surface area (Å²) in [6.07, 6.45) is 1.21. The highest BCUT2D eigenvalue weighted by atomic mass is 127. The fourth-order valence-electron chi connectivity index (χ4n) is 0.711. The Morgan fingerprint density at radius 3 is 2.67 bits per heavy atom. The van der Waals surface area contributed by atoms with Crippen LogP contribution in [0, 0.1) is 0 Å². The van der Waals surface area contributed by atoms with E-state index in [-0.39, 0.29) is 5.54 Å². The van der Waals surface area contributed by atoms with E-state index in [4.69, 9.17) is 0 Å². The molecule has 3 heteroatoms. The summed E-state index contributed by atoms with van der Waals surface area (Å²) in [6.45, 7) is 4.37. The lowest BCUT2D eigenvalue weighted by atomic mass is 10.0. The Kier molecular flexibility index (Phi) is 2.43. The standard InChI is InChI=1S/C6H10INS/c1-6(2)3-4-9-5(7)8-6/h3-4H2,1-2H3. The number of halogens is 1. The van der Waals surface area contributed by atoms with E-state index < -0.39 is 0 Å². The second-order valence-electron chi connectivity index (χ2n) is 2.78. The predicted octanol–water partition coefficient (Wildman–Crippen LogP) is 2.69. The molecule has 0 aromatic rings. The molecule has 1 nitrogen and oxygen atoms in total. The smallest absolute Gasteiger partial charge is 0.129 e. The van der Waals surface area contributed by atoms with Crippen molar-refractivity contribution in [2.45, 2.75) is 25.8 Å². The summed E-state index contributed by atoms with van der Waals surface area (Å²) in [5.41, 5.74) is 0.210. The lowest BCUT2D eigenvalue weighted by Crippen LogP contribution is -2.21. The van der Waals surface area contributed by atoms with Gasteiger partial charge in [0, 0.05) is 5.75 Å². The average molecular weight is 255 g/mol. The van der Waals surface area contributed by atoms with Crippen LogP contribution in [-0.2, 0) is 0 Å². The van der Waals surface area contributed by atoms with Crippen LogP contribution >= 0.6 is 34.4 Å². The van der Waals surface area contributed by atoms with E-state index in [1.54, 1.807) is 0 Å². The highest BCUT2D eigenvalue weighted by Gasteiger charge is 2.20. The maximum atomic E-state index is 4.48. The van der Waals surface area contributed by atoms with Gasteiger partial charge in [-0.15, -0.1) is 11.8 Å². The minimum Gasteiger partial charge on any atom is -0.266 e. The summed E-state index contributed by atoms with van der Waals surface area (Å²) in [5.74, 6) is 1.23. The third-order valence-electron chi connectivity index (χ3n) is 1.33. The van der Waals surface area contributed by atoms with Gasteiger partial charge >= 0.3 is 0 Å². The molecule has 0 aromatic carbocycles. The molecule has 0 saturated heterocycles. The van der Waals surface area contributed by atoms with Gasteiger partial charge in [-0.3, -0.25) is 4.99 Å². The van der Waals surface area contributed by atoms with Crippen LogP contribution in [0.25, 0.3) is 0 Å². The Labute approximate surface area is 73.8 Å². The van der Waals surface area contributed by atoms with Crippen LogP contribution in [0.4, 0.5) is 0 Å². The summed E-state index contributed by atoms with van der Waals surface area (Å²) in [7, 11) is 0. The van der Waals surface area contributed by atoms with E-state index in [1.807, 2.05) is 11.8 Å². The van der Waals surface area contributed by atoms with Crippen LogP contribution in [0.15, 0.2) is 4.99 Å². The first kappa shape index (κ1) is 7.85. The molecule has 0 aromatic heterocycles. The van der Waals surface area contributed by atoms with Crippen molar-refractivity contribution in [3.8, 4) is 0 Å². The van der Waals surface area contributed by atoms with Gasteiger partial charge in [0.1, 0.15) is 3.05 Å². The molecule has 0 amide bonds. The molecule has 1 aliphatic rings. The van der Waals surface area contributed by atoms with E-state index in [2.05, 4.69) is 41.4 Å². The van der Waals surface area contributed by atoms with Gasteiger partial charge in [0.2, 0.25) is 0 Å². The quantitative estimate of drug-likeness (QED) is 0.606. The molecule has 0 bridgehead atoms. The summed E-state index contributed by atoms with van der Waals surface area (Å²) in [4.78, 5) is 4.48. The molecule has 0 fully saturated rings. The van der Waals surface area contributed by atoms with Crippen LogP contribution in [0.1, 0.15) is 20.3 Å². The monoisotopic (exact) mass is 255 g/mol. The Morgan fingerprint density at radius 1 is 1.67 bits per heavy atom. The second kappa shape index (κ2) is 2.78. The molecule has 1 rings (SSSR count). The molecule has 1 heterocycles. The zero-order chi connectivity index (χ0) is 6.91. The summed E-state index contributed by atoms with van der Waals surface area (Å²) < 4.78 is 1.21. The number of hydrogen-bond donors (Lipinski definition) is 0. The number of hydrogen-bond acceptors (Lipinski definition) is 2. The SMILES string of the molecule is CC1(C)CCSC(I)=N1. The Balaban J connectivity index is 2.68. The first-order chi connectivity index (χ1) is 4.10. The molecule has 0 atom stereocenters. The average Bonchev–Trinajstić information content (AvgIpc) is 1.60. The van der Waals surface area contributed by atoms with Crippen molar-refractivity contribution in [1.82, 2.24) is 0 Å². The molecular formula is C6H10INS. The van der Waals surface area contributed by atoms with Crippen LogP contribution in [0.2, 0.25) is 0 Å². The van der Waals surface area contributed by atoms with Crippen molar-refractivity contribution in [3.05, 3.63) is 0 Å². The normalized spacial score (nSPS) is 25.4. The summed E-state index contributed by atoms with van der Waals surface area (Å²) in [5, 5.41) is 0. The van der Waals surface area contributed by atoms with Crippen LogP contribution in [0.5, 0.6) is 0 Å². The van der Waals surface area contributed by atoms with Crippen molar-refractivity contribution in [3.63, 3.8) is 0 Å². The van der Waals surface area contributed by atoms with Crippen molar-refractivity contribution < 1.29 is 0 Å². The van der Waals surface area contributed by atoms with E-state index in [1.165, 1.54) is 15.2 Å². The first-order valence-corrected chi connectivity index (χ1v) is 5.05. The third kappa shape index (κ3) is 2.45. The molecule has 52 valence electrons. The van der Waals surface area contributed by atoms with Crippen LogP contribution in [-0.4, -0.2) is 14.3 Å². The minimum atomic E-state index is 0.210. The highest BCUT2D eigenvalue weighted by Crippen LogP contribution is 2.28. The number of rotatable bonds is 0. The highest BCUT2D eigenvalue weighted by molar-refractivity contribution is 14.1. The summed E-state index contributed by atoms with van der Waals surface area (Å²) >= 11 is 4.15. The summed E-state index contributed by atoms with van der Waals surface area (Å²) in [6, 6.07) is 0. The van der Waals surface area contributed by atoms with Crippen LogP contribution in [0.3, 0.4) is 0 Å². The van der Waals surface area contributed by atoms with Crippen molar-refractivity contribution in [2.24, 2.45) is 4.99 Å². The van der Waals surface area contributed by atoms with Gasteiger partial charge in [-0.05, 0) is 42.9 Å². The van der Waals surface area contributed by atoms with Gasteiger partial charge in [-0.1, -0.05) is 0 Å². The van der Waals surface area contributed by atoms with E-state index in [9.17, 15) is 0 Å². The zero-order valence-corrected chi connectivity index (χ0v) is 8.62. The number of thioether (sulfide) groups is 1. The zero-order valence-electron chi connectivity index (χ0n) is 5.65. The van der Waals surface area contributed by atoms with Crippen molar-refractivity contribution in [1.29, 1.82) is 0 Å². The van der Waals surface area contributed by atoms with Crippen molar-refractivity contribution in [2.75, 3.05) is 5.75 Å². The van der Waals surface area contributed by atoms with Gasteiger partial charge < -0.3 is 0 Å². The van der Waals surface area contributed by atoms with Gasteiger partial charge in [0.05, 0.1) is 5.54 Å². The van der Waals surface area contributed by atoms with Gasteiger partial charge in [0.25, 0.3) is 0 Å². The Bertz CT molecular complexity index is 142. The molecule has 1 aliphatic heterocycles. The van der Waals surface area contributed by atoms with Crippen LogP contribution < -0.4 is 0 Å². The molecule has 0 unspecified atom stereocenters. The van der Waals surface area contributed by atoms with Crippen molar-refractivity contribution >= 4 is 37.4 Å². The minimum absolute atomic E-state index is 0.210. The molecular weight excluding hydrogens is 245 g/mol. The predicted molar refractivity (Wildman–Crippen MR) is 52.6 cm³/mol. The largest absolute Gasteiger partial charge is 0.266 e. The fraction of sp³-hybridized carbons (Fsp3) is 0.833. The number of aliphatic imine (C=N–C) groups is 1. The first-order valence-electron chi connectivity index (χ1n) is 2.98. The van der Waals surface area contributed by atoms with E-state index in [0.29, 0.717) is 0 Å². The molecule has 0 radical (unpaired) electrons. The Morgan fingerprint density at radius 2 is 2.33 bits per heavy atom. The van der Waals surface area contributed by atoms with Gasteiger partial charge in [-0.25, -0.2) is 0 Å². The lowest BCUT2D eigenvalue weighted by molar-refractivity contribution is 0.509. The van der Waals surface area contributed by atoms with E-state index >= 15 is 0 Å². The topological polar surface area (TPSA) is 12.4 Å². The molecule has 0 spiro atoms. The molecule has 0 N–H and O–H groups in total. The molecule has 0 saturated carbocycles. The van der Waals surface area contributed by atoms with Gasteiger partial charge in [0.15, 0.2) is 0 Å². The van der Waals surface area contributed by atoms with Gasteiger partial charge in [-0.2, -0.15) is 0 Å². The molecule has 9 heavy (non-hydrogen) atoms. The maximum Gasteiger partial charge on any atom is 0.129 e. The fourth-order valence-corrected chi connectivity index (χ4v) is 3.11. The maximum absolute atomic E-state index is 4.48. The second-order valence-corrected chi connectivity index (χ2v) is 5.61. The number of nitrogens with zero attached hydrogens (tertiary/aromatic N) is 1. The lowest BCUT2D eigenvalue weighted by Gasteiger charge is -2.23. The third-order valence-corrected chi connectivity index (χ3v) is 3.24. The molecule has 0 aliphatic carbocycles. The van der Waals surface area contributed by atoms with E-state index in [0.717, 1.165) is 0 Å². The Hall–Kier alpha value is 0.750.